The topological polar surface area (TPSA) is 71.5 Å². The van der Waals surface area contributed by atoms with Crippen LogP contribution in [0.2, 0.25) is 0 Å². The Bertz CT molecular complexity index is 1030. The van der Waals surface area contributed by atoms with Gasteiger partial charge in [-0.3, -0.25) is 9.59 Å². The van der Waals surface area contributed by atoms with Crippen LogP contribution >= 0.6 is 11.3 Å². The number of rotatable bonds is 5. The summed E-state index contributed by atoms with van der Waals surface area (Å²) in [5.74, 6) is 0.146. The van der Waals surface area contributed by atoms with E-state index in [1.54, 1.807) is 4.90 Å². The summed E-state index contributed by atoms with van der Waals surface area (Å²) in [6.45, 7) is 4.91. The van der Waals surface area contributed by atoms with E-state index in [9.17, 15) is 9.59 Å². The number of hydrogen-bond acceptors (Lipinski definition) is 5. The van der Waals surface area contributed by atoms with E-state index in [4.69, 9.17) is 4.74 Å². The first kappa shape index (κ1) is 18.4. The summed E-state index contributed by atoms with van der Waals surface area (Å²) in [6, 6.07) is 13.4. The molecule has 2 heterocycles. The Kier molecular flexibility index (Phi) is 5.00. The van der Waals surface area contributed by atoms with Crippen LogP contribution < -0.4 is 15.0 Å². The minimum atomic E-state index is -0.396. The quantitative estimate of drug-likeness (QED) is 0.709. The van der Waals surface area contributed by atoms with Crippen molar-refractivity contribution in [2.45, 2.75) is 20.3 Å². The average Bonchev–Trinajstić information content (AvgIpc) is 3.25. The Balaban J connectivity index is 1.44. The van der Waals surface area contributed by atoms with E-state index in [-0.39, 0.29) is 18.2 Å². The maximum atomic E-state index is 12.7. The van der Waals surface area contributed by atoms with Gasteiger partial charge in [-0.15, -0.1) is 0 Å². The maximum absolute atomic E-state index is 12.7. The number of thiazole rings is 1. The Morgan fingerprint density at radius 2 is 2.07 bits per heavy atom. The summed E-state index contributed by atoms with van der Waals surface area (Å²) < 4.78 is 6.47. The third-order valence-electron chi connectivity index (χ3n) is 4.73. The van der Waals surface area contributed by atoms with Crippen LogP contribution in [0.3, 0.4) is 0 Å². The minimum absolute atomic E-state index is 0.0516. The summed E-state index contributed by atoms with van der Waals surface area (Å²) in [4.78, 5) is 31.2. The zero-order valence-electron chi connectivity index (χ0n) is 15.8. The largest absolute Gasteiger partial charge is 0.494 e. The van der Waals surface area contributed by atoms with E-state index >= 15 is 0 Å². The SMILES string of the molecule is CCOc1ccc(N2CC(C(=O)Nc3nc4ccc(C)cc4s3)CC2=O)cc1. The minimum Gasteiger partial charge on any atom is -0.494 e. The molecule has 28 heavy (non-hydrogen) atoms. The number of hydrogen-bond donors (Lipinski definition) is 1. The molecule has 0 radical (unpaired) electrons. The molecule has 0 aliphatic carbocycles. The first-order valence-electron chi connectivity index (χ1n) is 9.25. The highest BCUT2D eigenvalue weighted by Crippen LogP contribution is 2.30. The molecule has 1 atom stereocenters. The van der Waals surface area contributed by atoms with Crippen LogP contribution in [0.1, 0.15) is 18.9 Å². The Morgan fingerprint density at radius 1 is 1.29 bits per heavy atom. The lowest BCUT2D eigenvalue weighted by molar-refractivity contribution is -0.122. The monoisotopic (exact) mass is 395 g/mol. The number of carbonyl (C=O) groups excluding carboxylic acids is 2. The zero-order valence-corrected chi connectivity index (χ0v) is 16.6. The molecule has 7 heteroatoms. The molecule has 2 aromatic carbocycles. The van der Waals surface area contributed by atoms with E-state index in [2.05, 4.69) is 16.4 Å². The molecule has 4 rings (SSSR count). The number of ether oxygens (including phenoxy) is 1. The molecule has 1 N–H and O–H groups in total. The molecule has 1 saturated heterocycles. The highest BCUT2D eigenvalue weighted by atomic mass is 32.1. The molecule has 1 aromatic heterocycles. The lowest BCUT2D eigenvalue weighted by Gasteiger charge is -2.17. The maximum Gasteiger partial charge on any atom is 0.231 e. The summed E-state index contributed by atoms with van der Waals surface area (Å²) in [5, 5.41) is 3.45. The van der Waals surface area contributed by atoms with Gasteiger partial charge in [0, 0.05) is 18.7 Å². The van der Waals surface area contributed by atoms with Gasteiger partial charge >= 0.3 is 0 Å². The number of fused-ring (bicyclic) bond motifs is 1. The molecule has 6 nitrogen and oxygen atoms in total. The van der Waals surface area contributed by atoms with Crippen LogP contribution in [0, 0.1) is 12.8 Å². The number of nitrogens with one attached hydrogen (secondary N) is 1. The van der Waals surface area contributed by atoms with Crippen molar-refractivity contribution in [3.8, 4) is 5.75 Å². The first-order valence-corrected chi connectivity index (χ1v) is 10.1. The van der Waals surface area contributed by atoms with Gasteiger partial charge in [-0.2, -0.15) is 0 Å². The van der Waals surface area contributed by atoms with Crippen LogP contribution in [-0.2, 0) is 9.59 Å². The van der Waals surface area contributed by atoms with Crippen molar-refractivity contribution >= 4 is 44.2 Å². The van der Waals surface area contributed by atoms with Gasteiger partial charge in [0.1, 0.15) is 5.75 Å². The summed E-state index contributed by atoms with van der Waals surface area (Å²) in [6.07, 6.45) is 0.197. The van der Waals surface area contributed by atoms with Gasteiger partial charge in [0.05, 0.1) is 22.7 Å². The zero-order chi connectivity index (χ0) is 19.7. The summed E-state index contributed by atoms with van der Waals surface area (Å²) >= 11 is 1.45. The highest BCUT2D eigenvalue weighted by Gasteiger charge is 2.35. The second-order valence-electron chi connectivity index (χ2n) is 6.81. The number of aromatic nitrogens is 1. The molecule has 1 unspecified atom stereocenters. The molecule has 3 aromatic rings. The van der Waals surface area contributed by atoms with Crippen LogP contribution in [0.25, 0.3) is 10.2 Å². The predicted octanol–water partition coefficient (Wildman–Crippen LogP) is 4.00. The van der Waals surface area contributed by atoms with E-state index in [0.29, 0.717) is 18.3 Å². The van der Waals surface area contributed by atoms with Crippen LogP contribution in [0.15, 0.2) is 42.5 Å². The molecular weight excluding hydrogens is 374 g/mol. The van der Waals surface area contributed by atoms with Gasteiger partial charge in [0.15, 0.2) is 5.13 Å². The number of anilines is 2. The van der Waals surface area contributed by atoms with Gasteiger partial charge in [-0.1, -0.05) is 17.4 Å². The third kappa shape index (κ3) is 3.71. The second-order valence-corrected chi connectivity index (χ2v) is 7.84. The number of benzene rings is 2. The number of carbonyl (C=O) groups is 2. The third-order valence-corrected chi connectivity index (χ3v) is 5.66. The molecule has 0 bridgehead atoms. The molecule has 0 spiro atoms. The first-order chi connectivity index (χ1) is 13.5. The fraction of sp³-hybridized carbons (Fsp3) is 0.286. The normalized spacial score (nSPS) is 16.6. The van der Waals surface area contributed by atoms with E-state index < -0.39 is 5.92 Å². The molecule has 0 saturated carbocycles. The Hall–Kier alpha value is -2.93. The van der Waals surface area contributed by atoms with Crippen LogP contribution in [-0.4, -0.2) is 29.9 Å². The van der Waals surface area contributed by atoms with Gasteiger partial charge in [0.25, 0.3) is 0 Å². The lowest BCUT2D eigenvalue weighted by atomic mass is 10.1. The van der Waals surface area contributed by atoms with E-state index in [1.165, 1.54) is 11.3 Å². The van der Waals surface area contributed by atoms with E-state index in [0.717, 1.165) is 27.2 Å². The predicted molar refractivity (Wildman–Crippen MR) is 111 cm³/mol. The Morgan fingerprint density at radius 3 is 2.82 bits per heavy atom. The molecule has 1 fully saturated rings. The number of aryl methyl sites for hydroxylation is 1. The van der Waals surface area contributed by atoms with Gasteiger partial charge in [-0.05, 0) is 55.8 Å². The van der Waals surface area contributed by atoms with Crippen LogP contribution in [0.5, 0.6) is 5.75 Å². The van der Waals surface area contributed by atoms with Crippen molar-refractivity contribution in [1.82, 2.24) is 4.98 Å². The smallest absolute Gasteiger partial charge is 0.231 e. The van der Waals surface area contributed by atoms with Crippen molar-refractivity contribution in [2.75, 3.05) is 23.4 Å². The fourth-order valence-corrected chi connectivity index (χ4v) is 4.28. The van der Waals surface area contributed by atoms with Gasteiger partial charge < -0.3 is 15.0 Å². The standard InChI is InChI=1S/C21H21N3O3S/c1-3-27-16-7-5-15(6-8-16)24-12-14(11-19(24)25)20(26)23-21-22-17-9-4-13(2)10-18(17)28-21/h4-10,14H,3,11-12H2,1-2H3,(H,22,23,26). The van der Waals surface area contributed by atoms with Gasteiger partial charge in [0.2, 0.25) is 11.8 Å². The molecule has 1 aliphatic heterocycles. The molecule has 2 amide bonds. The van der Waals surface area contributed by atoms with Crippen molar-refractivity contribution in [3.63, 3.8) is 0 Å². The van der Waals surface area contributed by atoms with E-state index in [1.807, 2.05) is 50.2 Å². The van der Waals surface area contributed by atoms with Crippen molar-refractivity contribution < 1.29 is 14.3 Å². The summed E-state index contributed by atoms with van der Waals surface area (Å²) in [7, 11) is 0. The molecule has 1 aliphatic rings. The van der Waals surface area contributed by atoms with Crippen molar-refractivity contribution in [1.29, 1.82) is 0 Å². The van der Waals surface area contributed by atoms with Crippen molar-refractivity contribution in [3.05, 3.63) is 48.0 Å². The fourth-order valence-electron chi connectivity index (χ4n) is 3.31. The molecular formula is C21H21N3O3S. The molecule has 144 valence electrons. The van der Waals surface area contributed by atoms with Gasteiger partial charge in [-0.25, -0.2) is 4.98 Å². The number of amides is 2. The second kappa shape index (κ2) is 7.59. The Labute approximate surface area is 167 Å². The lowest BCUT2D eigenvalue weighted by Crippen LogP contribution is -2.28. The summed E-state index contributed by atoms with van der Waals surface area (Å²) in [5.41, 5.74) is 2.80. The number of nitrogens with zero attached hydrogens (tertiary/aromatic N) is 2. The van der Waals surface area contributed by atoms with Crippen LogP contribution in [0.4, 0.5) is 10.8 Å². The van der Waals surface area contributed by atoms with Crippen molar-refractivity contribution in [2.24, 2.45) is 5.92 Å². The average molecular weight is 395 g/mol. The highest BCUT2D eigenvalue weighted by molar-refractivity contribution is 7.22.